The molecule has 0 spiro atoms. The molecule has 1 aromatic carbocycles. The lowest BCUT2D eigenvalue weighted by molar-refractivity contribution is -0.215. The number of esters is 1. The summed E-state index contributed by atoms with van der Waals surface area (Å²) in [4.78, 5) is 22.4. The van der Waals surface area contributed by atoms with Gasteiger partial charge in [0.2, 0.25) is 0 Å². The Kier molecular flexibility index (Phi) is 4.85. The van der Waals surface area contributed by atoms with Gasteiger partial charge < -0.3 is 14.7 Å². The van der Waals surface area contributed by atoms with E-state index in [-0.39, 0.29) is 6.61 Å². The molecule has 0 radical (unpaired) electrons. The Labute approximate surface area is 124 Å². The van der Waals surface area contributed by atoms with Crippen molar-refractivity contribution < 1.29 is 24.4 Å². The molecule has 1 heterocycles. The Morgan fingerprint density at radius 2 is 2.19 bits per heavy atom. The number of rotatable bonds is 4. The number of para-hydroxylation sites is 1. The van der Waals surface area contributed by atoms with E-state index in [1.54, 1.807) is 20.8 Å². The molecule has 1 aliphatic heterocycles. The molecular weight excluding hydrogens is 272 g/mol. The van der Waals surface area contributed by atoms with Crippen molar-refractivity contribution in [2.75, 3.05) is 13.2 Å². The van der Waals surface area contributed by atoms with Crippen LogP contribution in [0.2, 0.25) is 0 Å². The highest BCUT2D eigenvalue weighted by molar-refractivity contribution is 5.73. The van der Waals surface area contributed by atoms with Gasteiger partial charge in [0.05, 0.1) is 19.1 Å². The minimum absolute atomic E-state index is 0.264. The van der Waals surface area contributed by atoms with Gasteiger partial charge in [0, 0.05) is 12.0 Å². The first-order valence-electron chi connectivity index (χ1n) is 7.14. The SMILES string of the molecule is CC(C)(C)OC(=O)C(CO)Cc1cccc2c1OOCC2. The minimum Gasteiger partial charge on any atom is -0.460 e. The molecule has 0 saturated carbocycles. The number of aliphatic hydroxyl groups excluding tert-OH is 1. The average Bonchev–Trinajstić information content (AvgIpc) is 2.42. The molecule has 116 valence electrons. The molecule has 0 amide bonds. The predicted octanol–water partition coefficient (Wildman–Crippen LogP) is 2.05. The van der Waals surface area contributed by atoms with Gasteiger partial charge in [0.15, 0.2) is 5.75 Å². The van der Waals surface area contributed by atoms with Gasteiger partial charge in [-0.3, -0.25) is 4.79 Å². The minimum atomic E-state index is -0.610. The van der Waals surface area contributed by atoms with Gasteiger partial charge in [-0.05, 0) is 32.8 Å². The summed E-state index contributed by atoms with van der Waals surface area (Å²) < 4.78 is 5.34. The molecule has 0 aromatic heterocycles. The lowest BCUT2D eigenvalue weighted by Crippen LogP contribution is -2.31. The van der Waals surface area contributed by atoms with Gasteiger partial charge in [0.25, 0.3) is 0 Å². The fourth-order valence-corrected chi connectivity index (χ4v) is 2.23. The summed E-state index contributed by atoms with van der Waals surface area (Å²) in [6, 6.07) is 5.77. The van der Waals surface area contributed by atoms with Crippen LogP contribution in [0.4, 0.5) is 0 Å². The van der Waals surface area contributed by atoms with Crippen LogP contribution < -0.4 is 4.89 Å². The Morgan fingerprint density at radius 3 is 2.86 bits per heavy atom. The topological polar surface area (TPSA) is 65.0 Å². The molecule has 0 aliphatic carbocycles. The highest BCUT2D eigenvalue weighted by atomic mass is 17.2. The van der Waals surface area contributed by atoms with Crippen molar-refractivity contribution >= 4 is 5.97 Å². The first-order chi connectivity index (χ1) is 9.90. The average molecular weight is 294 g/mol. The lowest BCUT2D eigenvalue weighted by Gasteiger charge is -2.24. The van der Waals surface area contributed by atoms with Crippen molar-refractivity contribution in [2.24, 2.45) is 5.92 Å². The Hall–Kier alpha value is -1.59. The maximum Gasteiger partial charge on any atom is 0.312 e. The molecule has 1 aromatic rings. The Bertz CT molecular complexity index is 504. The van der Waals surface area contributed by atoms with Crippen LogP contribution in [0.25, 0.3) is 0 Å². The molecule has 21 heavy (non-hydrogen) atoms. The number of aliphatic hydroxyl groups is 1. The van der Waals surface area contributed by atoms with Crippen molar-refractivity contribution in [1.29, 1.82) is 0 Å². The van der Waals surface area contributed by atoms with Crippen molar-refractivity contribution in [3.63, 3.8) is 0 Å². The zero-order chi connectivity index (χ0) is 15.5. The summed E-state index contributed by atoms with van der Waals surface area (Å²) in [6.07, 6.45) is 1.14. The zero-order valence-corrected chi connectivity index (χ0v) is 12.7. The van der Waals surface area contributed by atoms with E-state index in [0.717, 1.165) is 17.5 Å². The van der Waals surface area contributed by atoms with E-state index in [9.17, 15) is 9.90 Å². The lowest BCUT2D eigenvalue weighted by atomic mass is 9.96. The van der Waals surface area contributed by atoms with E-state index in [0.29, 0.717) is 18.8 Å². The summed E-state index contributed by atoms with van der Waals surface area (Å²) in [5, 5.41) is 9.49. The quantitative estimate of drug-likeness (QED) is 0.680. The van der Waals surface area contributed by atoms with Crippen LogP contribution in [-0.2, 0) is 27.3 Å². The van der Waals surface area contributed by atoms with Crippen LogP contribution in [0.5, 0.6) is 5.75 Å². The second-order valence-electron chi connectivity index (χ2n) is 6.18. The summed E-state index contributed by atoms with van der Waals surface area (Å²) in [5.74, 6) is -0.355. The first-order valence-corrected chi connectivity index (χ1v) is 7.14. The van der Waals surface area contributed by atoms with E-state index >= 15 is 0 Å². The molecule has 1 N–H and O–H groups in total. The zero-order valence-electron chi connectivity index (χ0n) is 12.7. The van der Waals surface area contributed by atoms with Crippen LogP contribution in [0.1, 0.15) is 31.9 Å². The summed E-state index contributed by atoms with van der Waals surface area (Å²) in [6.45, 7) is 5.67. The highest BCUT2D eigenvalue weighted by Gasteiger charge is 2.27. The molecular formula is C16H22O5. The summed E-state index contributed by atoms with van der Waals surface area (Å²) in [5.41, 5.74) is 1.33. The van der Waals surface area contributed by atoms with E-state index in [2.05, 4.69) is 0 Å². The molecule has 1 unspecified atom stereocenters. The van der Waals surface area contributed by atoms with E-state index < -0.39 is 17.5 Å². The van der Waals surface area contributed by atoms with Crippen LogP contribution in [0.3, 0.4) is 0 Å². The van der Waals surface area contributed by atoms with Crippen LogP contribution in [0, 0.1) is 5.92 Å². The standard InChI is InChI=1S/C16H22O5/c1-16(2,3)20-15(18)13(10-17)9-12-6-4-5-11-7-8-19-21-14(11)12/h4-6,13,17H,7-10H2,1-3H3. The summed E-state index contributed by atoms with van der Waals surface area (Å²) in [7, 11) is 0. The van der Waals surface area contributed by atoms with Crippen molar-refractivity contribution in [2.45, 2.75) is 39.2 Å². The van der Waals surface area contributed by atoms with E-state index in [1.807, 2.05) is 18.2 Å². The Balaban J connectivity index is 2.14. The molecule has 5 nitrogen and oxygen atoms in total. The van der Waals surface area contributed by atoms with Gasteiger partial charge in [-0.15, -0.1) is 0 Å². The van der Waals surface area contributed by atoms with Crippen LogP contribution >= 0.6 is 0 Å². The van der Waals surface area contributed by atoms with Gasteiger partial charge >= 0.3 is 5.97 Å². The van der Waals surface area contributed by atoms with Crippen LogP contribution in [-0.4, -0.2) is 29.9 Å². The second-order valence-corrected chi connectivity index (χ2v) is 6.18. The van der Waals surface area contributed by atoms with Crippen molar-refractivity contribution in [3.05, 3.63) is 29.3 Å². The molecule has 1 aliphatic rings. The number of ether oxygens (including phenoxy) is 1. The predicted molar refractivity (Wildman–Crippen MR) is 76.9 cm³/mol. The van der Waals surface area contributed by atoms with Crippen molar-refractivity contribution in [1.82, 2.24) is 0 Å². The normalized spacial score (nSPS) is 15.8. The van der Waals surface area contributed by atoms with Crippen LogP contribution in [0.15, 0.2) is 18.2 Å². The van der Waals surface area contributed by atoms with Crippen molar-refractivity contribution in [3.8, 4) is 5.75 Å². The maximum atomic E-state index is 12.1. The number of hydrogen-bond acceptors (Lipinski definition) is 5. The van der Waals surface area contributed by atoms with E-state index in [4.69, 9.17) is 14.5 Å². The van der Waals surface area contributed by atoms with Gasteiger partial charge in [0.1, 0.15) is 5.60 Å². The van der Waals surface area contributed by atoms with Gasteiger partial charge in [-0.25, -0.2) is 0 Å². The molecule has 1 atom stereocenters. The fourth-order valence-electron chi connectivity index (χ4n) is 2.23. The summed E-state index contributed by atoms with van der Waals surface area (Å²) >= 11 is 0. The number of hydrogen-bond donors (Lipinski definition) is 1. The second kappa shape index (κ2) is 6.45. The Morgan fingerprint density at radius 1 is 1.43 bits per heavy atom. The third-order valence-corrected chi connectivity index (χ3v) is 3.20. The molecule has 0 fully saturated rings. The molecule has 2 rings (SSSR count). The third-order valence-electron chi connectivity index (χ3n) is 3.20. The van der Waals surface area contributed by atoms with Gasteiger partial charge in [-0.2, -0.15) is 4.89 Å². The van der Waals surface area contributed by atoms with E-state index in [1.165, 1.54) is 0 Å². The highest BCUT2D eigenvalue weighted by Crippen LogP contribution is 2.30. The first kappa shape index (κ1) is 15.8. The maximum absolute atomic E-state index is 12.1. The number of benzene rings is 1. The number of carbonyl (C=O) groups excluding carboxylic acids is 1. The van der Waals surface area contributed by atoms with Gasteiger partial charge in [-0.1, -0.05) is 18.2 Å². The third kappa shape index (κ3) is 4.19. The molecule has 0 bridgehead atoms. The number of carbonyl (C=O) groups is 1. The number of fused-ring (bicyclic) bond motifs is 1. The largest absolute Gasteiger partial charge is 0.460 e. The molecule has 0 saturated heterocycles. The fraction of sp³-hybridized carbons (Fsp3) is 0.562. The molecule has 5 heteroatoms. The smallest absolute Gasteiger partial charge is 0.312 e. The monoisotopic (exact) mass is 294 g/mol.